The maximum Gasteiger partial charge on any atom is 4.00 e. The second-order valence-corrected chi connectivity index (χ2v) is 5.67. The summed E-state index contributed by atoms with van der Waals surface area (Å²) < 4.78 is 0. The Morgan fingerprint density at radius 2 is 1.17 bits per heavy atom. The van der Waals surface area contributed by atoms with Crippen LogP contribution in [0.3, 0.4) is 0 Å². The predicted octanol–water partition coefficient (Wildman–Crippen LogP) is -2.91. The Kier molecular flexibility index (Phi) is 19.8. The van der Waals surface area contributed by atoms with E-state index in [4.69, 9.17) is 0 Å². The van der Waals surface area contributed by atoms with Gasteiger partial charge in [0, 0.05) is 0 Å². The quantitative estimate of drug-likeness (QED) is 0.347. The van der Waals surface area contributed by atoms with E-state index in [9.17, 15) is 0 Å². The maximum atomic E-state index is 2.48. The van der Waals surface area contributed by atoms with Crippen molar-refractivity contribution in [1.29, 1.82) is 0 Å². The van der Waals surface area contributed by atoms with Gasteiger partial charge in [-0.05, 0) is 12.8 Å². The molecule has 0 nitrogen and oxygen atoms in total. The monoisotopic (exact) mass is 450 g/mol. The summed E-state index contributed by atoms with van der Waals surface area (Å²) in [5.74, 6) is 0. The molecule has 0 aromatic carbocycles. The normalized spacial score (nSPS) is 14.9. The zero-order valence-electron chi connectivity index (χ0n) is 14.2. The standard InChI is InChI=1S/C19H27.3ClH.Zr/c1-3-5-9-16-11-7-13-18(16)15-19-14-8-12-17(19)10-6-4-2;;;;/h7-8,11-12,15H,3-6,9-10,13-14H2,1-2H3;3*1H;/q-1;;;;+4/p-3. The van der Waals surface area contributed by atoms with Crippen molar-refractivity contribution >= 4 is 0 Å². The summed E-state index contributed by atoms with van der Waals surface area (Å²) in [4.78, 5) is 0. The van der Waals surface area contributed by atoms with Gasteiger partial charge >= 0.3 is 26.2 Å². The summed E-state index contributed by atoms with van der Waals surface area (Å²) in [5.41, 5.74) is 6.30. The van der Waals surface area contributed by atoms with Crippen molar-refractivity contribution in [3.63, 3.8) is 0 Å². The van der Waals surface area contributed by atoms with Crippen LogP contribution in [0.4, 0.5) is 0 Å². The van der Waals surface area contributed by atoms with Crippen LogP contribution >= 0.6 is 0 Å². The minimum absolute atomic E-state index is 0. The van der Waals surface area contributed by atoms with E-state index >= 15 is 0 Å². The number of hydrogen-bond acceptors (Lipinski definition) is 0. The molecule has 0 fully saturated rings. The Balaban J connectivity index is -0.000001000. The van der Waals surface area contributed by atoms with Crippen molar-refractivity contribution in [1.82, 2.24) is 0 Å². The van der Waals surface area contributed by atoms with E-state index in [1.807, 2.05) is 0 Å². The first-order valence-electron chi connectivity index (χ1n) is 7.97. The van der Waals surface area contributed by atoms with Crippen LogP contribution in [0, 0.1) is 6.42 Å². The molecule has 0 amide bonds. The molecular formula is C19H27Cl3Zr. The minimum atomic E-state index is 0. The van der Waals surface area contributed by atoms with Crippen LogP contribution in [-0.4, -0.2) is 0 Å². The van der Waals surface area contributed by atoms with E-state index in [0.717, 1.165) is 12.8 Å². The number of unbranched alkanes of at least 4 members (excludes halogenated alkanes) is 2. The Labute approximate surface area is 180 Å². The van der Waals surface area contributed by atoms with E-state index in [1.165, 1.54) is 38.5 Å². The second kappa shape index (κ2) is 16.1. The number of halogens is 3. The third-order valence-electron chi connectivity index (χ3n) is 4.09. The molecule has 0 aliphatic heterocycles. The third-order valence-corrected chi connectivity index (χ3v) is 4.09. The van der Waals surface area contributed by atoms with Gasteiger partial charge in [-0.3, -0.25) is 0 Å². The Hall–Kier alpha value is 0.583. The largest absolute Gasteiger partial charge is 4.00 e. The molecule has 0 spiro atoms. The first-order chi connectivity index (χ1) is 9.35. The third kappa shape index (κ3) is 9.01. The fourth-order valence-corrected chi connectivity index (χ4v) is 2.87. The zero-order valence-corrected chi connectivity index (χ0v) is 18.9. The van der Waals surface area contributed by atoms with Crippen molar-refractivity contribution in [3.8, 4) is 0 Å². The molecule has 0 unspecified atom stereocenters. The summed E-state index contributed by atoms with van der Waals surface area (Å²) >= 11 is 0. The molecule has 23 heavy (non-hydrogen) atoms. The van der Waals surface area contributed by atoms with Crippen LogP contribution in [0.25, 0.3) is 0 Å². The van der Waals surface area contributed by atoms with Crippen LogP contribution in [0.2, 0.25) is 0 Å². The summed E-state index contributed by atoms with van der Waals surface area (Å²) in [5, 5.41) is 0. The van der Waals surface area contributed by atoms with Gasteiger partial charge in [-0.25, -0.2) is 0 Å². The number of hydrogen-bond donors (Lipinski definition) is 0. The van der Waals surface area contributed by atoms with E-state index in [0.29, 0.717) is 0 Å². The second-order valence-electron chi connectivity index (χ2n) is 5.67. The molecule has 0 heterocycles. The molecule has 0 saturated carbocycles. The minimum Gasteiger partial charge on any atom is -1.00 e. The Morgan fingerprint density at radius 3 is 1.52 bits per heavy atom. The van der Waals surface area contributed by atoms with Crippen LogP contribution in [0.1, 0.15) is 65.2 Å². The SMILES string of the molecule is CCCCC1=C([CH-]C2=C(CCCC)C=CC2)CC=C1.[Cl-].[Cl-].[Cl-].[Zr+4]. The molecule has 0 N–H and O–H groups in total. The van der Waals surface area contributed by atoms with Gasteiger partial charge in [0.25, 0.3) is 0 Å². The number of rotatable bonds is 8. The van der Waals surface area contributed by atoms with Gasteiger partial charge in [-0.1, -0.05) is 64.5 Å². The van der Waals surface area contributed by atoms with Crippen molar-refractivity contribution in [2.24, 2.45) is 0 Å². The summed E-state index contributed by atoms with van der Waals surface area (Å²) in [6.45, 7) is 4.55. The molecule has 0 radical (unpaired) electrons. The Bertz CT molecular complexity index is 394. The van der Waals surface area contributed by atoms with Gasteiger partial charge in [-0.2, -0.15) is 6.42 Å². The van der Waals surface area contributed by atoms with E-state index in [1.54, 1.807) is 22.3 Å². The molecule has 128 valence electrons. The van der Waals surface area contributed by atoms with E-state index in [-0.39, 0.29) is 63.4 Å². The first-order valence-corrected chi connectivity index (χ1v) is 7.97. The number of allylic oxidation sites excluding steroid dienone is 8. The fourth-order valence-electron chi connectivity index (χ4n) is 2.87. The van der Waals surface area contributed by atoms with Gasteiger partial charge in [0.1, 0.15) is 0 Å². The topological polar surface area (TPSA) is 0 Å². The van der Waals surface area contributed by atoms with Gasteiger partial charge in [0.05, 0.1) is 0 Å². The summed E-state index contributed by atoms with van der Waals surface area (Å²) in [6, 6.07) is 0. The van der Waals surface area contributed by atoms with Crippen LogP contribution in [-0.2, 0) is 26.2 Å². The molecule has 0 saturated heterocycles. The van der Waals surface area contributed by atoms with E-state index < -0.39 is 0 Å². The van der Waals surface area contributed by atoms with Crippen LogP contribution < -0.4 is 37.2 Å². The van der Waals surface area contributed by atoms with Gasteiger partial charge in [0.15, 0.2) is 0 Å². The van der Waals surface area contributed by atoms with Crippen LogP contribution in [0.5, 0.6) is 0 Å². The average molecular weight is 453 g/mol. The van der Waals surface area contributed by atoms with E-state index in [2.05, 4.69) is 44.6 Å². The first kappa shape index (κ1) is 28.4. The maximum absolute atomic E-state index is 2.48. The summed E-state index contributed by atoms with van der Waals surface area (Å²) in [6.07, 6.45) is 21.8. The molecule has 0 bridgehead atoms. The summed E-state index contributed by atoms with van der Waals surface area (Å²) in [7, 11) is 0. The van der Waals surface area contributed by atoms with Crippen molar-refractivity contribution in [2.75, 3.05) is 0 Å². The van der Waals surface area contributed by atoms with Crippen LogP contribution in [0.15, 0.2) is 46.6 Å². The predicted molar refractivity (Wildman–Crippen MR) is 84.9 cm³/mol. The average Bonchev–Trinajstić information content (AvgIpc) is 3.04. The van der Waals surface area contributed by atoms with Gasteiger partial charge < -0.3 is 37.2 Å². The molecule has 0 atom stereocenters. The zero-order chi connectivity index (χ0) is 13.5. The van der Waals surface area contributed by atoms with Crippen molar-refractivity contribution < 1.29 is 63.4 Å². The molecule has 2 aliphatic carbocycles. The fraction of sp³-hybridized carbons (Fsp3) is 0.526. The van der Waals surface area contributed by atoms with Gasteiger partial charge in [-0.15, -0.1) is 34.4 Å². The smallest absolute Gasteiger partial charge is 1.00 e. The van der Waals surface area contributed by atoms with Crippen molar-refractivity contribution in [3.05, 3.63) is 53.0 Å². The molecule has 0 aromatic heterocycles. The molecule has 4 heteroatoms. The molecule has 0 aromatic rings. The van der Waals surface area contributed by atoms with Gasteiger partial charge in [0.2, 0.25) is 0 Å². The molecule has 2 aliphatic rings. The Morgan fingerprint density at radius 1 is 0.783 bits per heavy atom. The molecular weight excluding hydrogens is 426 g/mol. The molecule has 2 rings (SSSR count). The van der Waals surface area contributed by atoms with Crippen molar-refractivity contribution in [2.45, 2.75) is 65.2 Å².